The first-order chi connectivity index (χ1) is 7.15. The Balaban J connectivity index is 2.58. The second-order valence-electron chi connectivity index (χ2n) is 4.35. The van der Waals surface area contributed by atoms with Crippen molar-refractivity contribution in [1.29, 1.82) is 0 Å². The second kappa shape index (κ2) is 3.76. The summed E-state index contributed by atoms with van der Waals surface area (Å²) >= 11 is 0. The van der Waals surface area contributed by atoms with E-state index in [0.29, 0.717) is 5.75 Å². The van der Waals surface area contributed by atoms with E-state index in [1.54, 1.807) is 0 Å². The van der Waals surface area contributed by atoms with Gasteiger partial charge in [-0.25, -0.2) is 0 Å². The van der Waals surface area contributed by atoms with Gasteiger partial charge in [0.1, 0.15) is 5.75 Å². The van der Waals surface area contributed by atoms with Crippen molar-refractivity contribution >= 4 is 5.69 Å². The van der Waals surface area contributed by atoms with Crippen LogP contribution >= 0.6 is 0 Å². The number of aromatic hydroxyl groups is 1. The van der Waals surface area contributed by atoms with Crippen molar-refractivity contribution in [3.05, 3.63) is 22.8 Å². The quantitative estimate of drug-likeness (QED) is 0.762. The van der Waals surface area contributed by atoms with E-state index >= 15 is 0 Å². The van der Waals surface area contributed by atoms with Gasteiger partial charge in [0.05, 0.1) is 0 Å². The number of benzene rings is 1. The minimum atomic E-state index is 0.478. The zero-order valence-electron chi connectivity index (χ0n) is 9.80. The number of anilines is 1. The van der Waals surface area contributed by atoms with E-state index in [2.05, 4.69) is 17.9 Å². The number of phenolic OH excluding ortho intramolecular Hbond substituents is 1. The van der Waals surface area contributed by atoms with Gasteiger partial charge in [-0.2, -0.15) is 0 Å². The molecule has 0 aromatic heterocycles. The summed E-state index contributed by atoms with van der Waals surface area (Å²) in [6, 6.07) is 2.13. The van der Waals surface area contributed by atoms with Gasteiger partial charge < -0.3 is 10.0 Å². The van der Waals surface area contributed by atoms with Gasteiger partial charge in [0, 0.05) is 18.8 Å². The first-order valence-electron chi connectivity index (χ1n) is 5.72. The number of aryl methyl sites for hydroxylation is 1. The van der Waals surface area contributed by atoms with Crippen molar-refractivity contribution in [3.63, 3.8) is 0 Å². The van der Waals surface area contributed by atoms with Gasteiger partial charge in [-0.1, -0.05) is 0 Å². The van der Waals surface area contributed by atoms with Crippen molar-refractivity contribution < 1.29 is 5.11 Å². The molecule has 2 rings (SSSR count). The molecule has 1 aromatic carbocycles. The molecule has 0 atom stereocenters. The van der Waals surface area contributed by atoms with E-state index in [4.69, 9.17) is 0 Å². The van der Waals surface area contributed by atoms with Gasteiger partial charge in [-0.05, 0) is 56.4 Å². The van der Waals surface area contributed by atoms with E-state index in [1.165, 1.54) is 17.7 Å². The number of fused-ring (bicyclic) bond motifs is 1. The molecule has 1 heterocycles. The van der Waals surface area contributed by atoms with Crippen LogP contribution in [0.5, 0.6) is 5.75 Å². The first kappa shape index (κ1) is 10.3. The van der Waals surface area contributed by atoms with Crippen LogP contribution in [0, 0.1) is 13.8 Å². The third kappa shape index (κ3) is 1.58. The summed E-state index contributed by atoms with van der Waals surface area (Å²) in [4.78, 5) is 2.40. The van der Waals surface area contributed by atoms with Gasteiger partial charge >= 0.3 is 0 Å². The van der Waals surface area contributed by atoms with Gasteiger partial charge in [-0.3, -0.25) is 0 Å². The van der Waals surface area contributed by atoms with Crippen molar-refractivity contribution in [1.82, 2.24) is 0 Å². The maximum Gasteiger partial charge on any atom is 0.121 e. The molecule has 15 heavy (non-hydrogen) atoms. The summed E-state index contributed by atoms with van der Waals surface area (Å²) in [5.41, 5.74) is 4.73. The zero-order valence-corrected chi connectivity index (χ0v) is 9.80. The van der Waals surface area contributed by atoms with Gasteiger partial charge in [0.25, 0.3) is 0 Å². The van der Waals surface area contributed by atoms with Crippen LogP contribution in [-0.4, -0.2) is 18.2 Å². The Morgan fingerprint density at radius 2 is 2.13 bits per heavy atom. The molecule has 1 aliphatic heterocycles. The third-order valence-corrected chi connectivity index (χ3v) is 3.42. The highest BCUT2D eigenvalue weighted by molar-refractivity contribution is 5.64. The topological polar surface area (TPSA) is 23.5 Å². The fraction of sp³-hybridized carbons (Fsp3) is 0.538. The molecule has 0 unspecified atom stereocenters. The van der Waals surface area contributed by atoms with Crippen molar-refractivity contribution in [2.75, 3.05) is 18.0 Å². The lowest BCUT2D eigenvalue weighted by molar-refractivity contribution is 0.465. The first-order valence-corrected chi connectivity index (χ1v) is 5.72. The number of hydrogen-bond donors (Lipinski definition) is 1. The Bertz CT molecular complexity index is 385. The molecule has 1 aromatic rings. The Hall–Kier alpha value is -1.18. The molecule has 0 radical (unpaired) electrons. The van der Waals surface area contributed by atoms with Crippen molar-refractivity contribution in [2.45, 2.75) is 33.6 Å². The molecule has 0 saturated carbocycles. The molecule has 2 heteroatoms. The zero-order chi connectivity index (χ0) is 11.0. The number of hydrogen-bond acceptors (Lipinski definition) is 2. The van der Waals surface area contributed by atoms with Crippen LogP contribution in [0.3, 0.4) is 0 Å². The van der Waals surface area contributed by atoms with Crippen LogP contribution < -0.4 is 4.90 Å². The molecule has 1 N–H and O–H groups in total. The van der Waals surface area contributed by atoms with Crippen molar-refractivity contribution in [2.24, 2.45) is 0 Å². The number of nitrogens with zero attached hydrogens (tertiary/aromatic N) is 1. The Labute approximate surface area is 91.5 Å². The summed E-state index contributed by atoms with van der Waals surface area (Å²) in [6.45, 7) is 8.39. The van der Waals surface area contributed by atoms with Crippen LogP contribution in [0.15, 0.2) is 6.07 Å². The molecule has 2 nitrogen and oxygen atoms in total. The highest BCUT2D eigenvalue weighted by atomic mass is 16.3. The third-order valence-electron chi connectivity index (χ3n) is 3.42. The summed E-state index contributed by atoms with van der Waals surface area (Å²) in [7, 11) is 0. The molecule has 0 bridgehead atoms. The molecule has 0 spiro atoms. The van der Waals surface area contributed by atoms with Gasteiger partial charge in [0.2, 0.25) is 0 Å². The normalized spacial score (nSPS) is 15.3. The molecule has 0 saturated heterocycles. The maximum atomic E-state index is 9.90. The predicted molar refractivity (Wildman–Crippen MR) is 63.8 cm³/mol. The molecular formula is C13H19NO. The summed E-state index contributed by atoms with van der Waals surface area (Å²) in [5.74, 6) is 0.478. The SMILES string of the molecule is CCN1CCCc2c1cc(C)c(O)c2C. The molecule has 1 aliphatic rings. The van der Waals surface area contributed by atoms with Crippen LogP contribution in [0.2, 0.25) is 0 Å². The maximum absolute atomic E-state index is 9.90. The highest BCUT2D eigenvalue weighted by Gasteiger charge is 2.19. The predicted octanol–water partition coefficient (Wildman–Crippen LogP) is 2.78. The van der Waals surface area contributed by atoms with E-state index in [1.807, 2.05) is 13.8 Å². The fourth-order valence-electron chi connectivity index (χ4n) is 2.48. The molecule has 0 fully saturated rings. The monoisotopic (exact) mass is 205 g/mol. The van der Waals surface area contributed by atoms with Gasteiger partial charge in [-0.15, -0.1) is 0 Å². The average molecular weight is 205 g/mol. The van der Waals surface area contributed by atoms with Crippen LogP contribution in [0.4, 0.5) is 5.69 Å². The fourth-order valence-corrected chi connectivity index (χ4v) is 2.48. The van der Waals surface area contributed by atoms with E-state index in [-0.39, 0.29) is 0 Å². The summed E-state index contributed by atoms with van der Waals surface area (Å²) in [5, 5.41) is 9.90. The highest BCUT2D eigenvalue weighted by Crippen LogP contribution is 2.36. The van der Waals surface area contributed by atoms with Crippen molar-refractivity contribution in [3.8, 4) is 5.75 Å². The lowest BCUT2D eigenvalue weighted by Gasteiger charge is -2.32. The molecule has 82 valence electrons. The van der Waals surface area contributed by atoms with Gasteiger partial charge in [0.15, 0.2) is 0 Å². The lowest BCUT2D eigenvalue weighted by atomic mass is 9.94. The molecule has 0 aliphatic carbocycles. The standard InChI is InChI=1S/C13H19NO/c1-4-14-7-5-6-11-10(3)13(15)9(2)8-12(11)14/h8,15H,4-7H2,1-3H3. The molecular weight excluding hydrogens is 186 g/mol. The molecule has 0 amide bonds. The van der Waals surface area contributed by atoms with Crippen LogP contribution in [0.1, 0.15) is 30.0 Å². The minimum absolute atomic E-state index is 0.478. The van der Waals surface area contributed by atoms with E-state index in [0.717, 1.165) is 30.6 Å². The summed E-state index contributed by atoms with van der Waals surface area (Å²) in [6.07, 6.45) is 2.30. The number of phenols is 1. The lowest BCUT2D eigenvalue weighted by Crippen LogP contribution is -2.29. The Kier molecular flexibility index (Phi) is 2.59. The Morgan fingerprint density at radius 3 is 2.80 bits per heavy atom. The Morgan fingerprint density at radius 1 is 1.40 bits per heavy atom. The summed E-state index contributed by atoms with van der Waals surface area (Å²) < 4.78 is 0. The smallest absolute Gasteiger partial charge is 0.121 e. The number of rotatable bonds is 1. The van der Waals surface area contributed by atoms with Crippen LogP contribution in [-0.2, 0) is 6.42 Å². The largest absolute Gasteiger partial charge is 0.507 e. The van der Waals surface area contributed by atoms with Crippen LogP contribution in [0.25, 0.3) is 0 Å². The minimum Gasteiger partial charge on any atom is -0.507 e. The second-order valence-corrected chi connectivity index (χ2v) is 4.35. The van der Waals surface area contributed by atoms with E-state index < -0.39 is 0 Å². The average Bonchev–Trinajstić information content (AvgIpc) is 2.25. The van der Waals surface area contributed by atoms with E-state index in [9.17, 15) is 5.11 Å².